The van der Waals surface area contributed by atoms with Gasteiger partial charge < -0.3 is 14.8 Å². The Balaban J connectivity index is 1.48. The van der Waals surface area contributed by atoms with Crippen LogP contribution in [0.25, 0.3) is 0 Å². The van der Waals surface area contributed by atoms with E-state index in [1.54, 1.807) is 7.11 Å². The highest BCUT2D eigenvalue weighted by Crippen LogP contribution is 2.28. The fourth-order valence-electron chi connectivity index (χ4n) is 1.60. The fourth-order valence-corrected chi connectivity index (χ4v) is 1.60. The summed E-state index contributed by atoms with van der Waals surface area (Å²) in [6.07, 6.45) is 3.75. The maximum atomic E-state index is 5.56. The summed E-state index contributed by atoms with van der Waals surface area (Å²) >= 11 is 0. The van der Waals surface area contributed by atoms with Gasteiger partial charge in [-0.05, 0) is 37.8 Å². The van der Waals surface area contributed by atoms with E-state index in [0.29, 0.717) is 5.88 Å². The Kier molecular flexibility index (Phi) is 5.36. The average Bonchev–Trinajstić information content (AvgIpc) is 3.22. The molecule has 1 aliphatic rings. The predicted octanol–water partition coefficient (Wildman–Crippen LogP) is 1.39. The second kappa shape index (κ2) is 7.28. The molecule has 0 aliphatic heterocycles. The van der Waals surface area contributed by atoms with Gasteiger partial charge in [-0.1, -0.05) is 0 Å². The summed E-state index contributed by atoms with van der Waals surface area (Å²) < 4.78 is 10.5. The van der Waals surface area contributed by atoms with E-state index in [1.807, 2.05) is 12.1 Å². The van der Waals surface area contributed by atoms with E-state index >= 15 is 0 Å². The molecule has 1 N–H and O–H groups in total. The average molecular weight is 251 g/mol. The highest BCUT2D eigenvalue weighted by atomic mass is 16.5. The topological polar surface area (TPSA) is 56.3 Å². The highest BCUT2D eigenvalue weighted by molar-refractivity contribution is 5.10. The van der Waals surface area contributed by atoms with Crippen LogP contribution in [0.15, 0.2) is 12.1 Å². The Morgan fingerprint density at radius 3 is 2.89 bits per heavy atom. The molecular weight excluding hydrogens is 230 g/mol. The SMILES string of the molecule is COc1ccc(CNCCCOCC2CC2)nn1. The number of ether oxygens (including phenoxy) is 2. The Morgan fingerprint density at radius 1 is 1.33 bits per heavy atom. The van der Waals surface area contributed by atoms with Crippen molar-refractivity contribution in [1.29, 1.82) is 0 Å². The van der Waals surface area contributed by atoms with E-state index in [0.717, 1.165) is 44.3 Å². The summed E-state index contributed by atoms with van der Waals surface area (Å²) in [5.41, 5.74) is 0.926. The zero-order chi connectivity index (χ0) is 12.6. The molecule has 0 bridgehead atoms. The number of aromatic nitrogens is 2. The Labute approximate surface area is 108 Å². The summed E-state index contributed by atoms with van der Waals surface area (Å²) in [5.74, 6) is 1.40. The molecular formula is C13H21N3O2. The fraction of sp³-hybridized carbons (Fsp3) is 0.692. The van der Waals surface area contributed by atoms with Gasteiger partial charge in [0.2, 0.25) is 5.88 Å². The van der Waals surface area contributed by atoms with Crippen molar-refractivity contribution in [3.63, 3.8) is 0 Å². The summed E-state index contributed by atoms with van der Waals surface area (Å²) in [4.78, 5) is 0. The van der Waals surface area contributed by atoms with Gasteiger partial charge in [-0.2, -0.15) is 5.10 Å². The first-order valence-electron chi connectivity index (χ1n) is 6.53. The first-order valence-corrected chi connectivity index (χ1v) is 6.53. The van der Waals surface area contributed by atoms with Crippen LogP contribution in [0.4, 0.5) is 0 Å². The molecule has 1 aromatic rings. The minimum absolute atomic E-state index is 0.548. The quantitative estimate of drug-likeness (QED) is 0.672. The van der Waals surface area contributed by atoms with Crippen LogP contribution in [0.3, 0.4) is 0 Å². The van der Waals surface area contributed by atoms with Gasteiger partial charge >= 0.3 is 0 Å². The molecule has 0 atom stereocenters. The lowest BCUT2D eigenvalue weighted by Crippen LogP contribution is -2.17. The van der Waals surface area contributed by atoms with Crippen molar-refractivity contribution >= 4 is 0 Å². The minimum Gasteiger partial charge on any atom is -0.480 e. The van der Waals surface area contributed by atoms with E-state index in [9.17, 15) is 0 Å². The van der Waals surface area contributed by atoms with Crippen molar-refractivity contribution in [2.75, 3.05) is 26.9 Å². The van der Waals surface area contributed by atoms with E-state index in [2.05, 4.69) is 15.5 Å². The monoisotopic (exact) mass is 251 g/mol. The summed E-state index contributed by atoms with van der Waals surface area (Å²) in [5, 5.41) is 11.3. The molecule has 1 saturated carbocycles. The van der Waals surface area contributed by atoms with E-state index < -0.39 is 0 Å². The minimum atomic E-state index is 0.548. The van der Waals surface area contributed by atoms with Gasteiger partial charge in [-0.25, -0.2) is 0 Å². The van der Waals surface area contributed by atoms with Crippen molar-refractivity contribution in [3.8, 4) is 5.88 Å². The maximum absolute atomic E-state index is 5.56. The van der Waals surface area contributed by atoms with Crippen LogP contribution >= 0.6 is 0 Å². The normalized spacial score (nSPS) is 14.7. The molecule has 0 saturated heterocycles. The van der Waals surface area contributed by atoms with Crippen LogP contribution in [-0.4, -0.2) is 37.1 Å². The second-order valence-electron chi connectivity index (χ2n) is 4.62. The molecule has 1 aliphatic carbocycles. The van der Waals surface area contributed by atoms with Crippen molar-refractivity contribution in [2.45, 2.75) is 25.8 Å². The molecule has 5 nitrogen and oxygen atoms in total. The van der Waals surface area contributed by atoms with Gasteiger partial charge in [0.15, 0.2) is 0 Å². The highest BCUT2D eigenvalue weighted by Gasteiger charge is 2.20. The first kappa shape index (κ1) is 13.2. The number of rotatable bonds is 9. The number of hydrogen-bond donors (Lipinski definition) is 1. The predicted molar refractivity (Wildman–Crippen MR) is 68.5 cm³/mol. The van der Waals surface area contributed by atoms with Crippen LogP contribution in [0, 0.1) is 5.92 Å². The third-order valence-electron chi connectivity index (χ3n) is 2.90. The number of hydrogen-bond acceptors (Lipinski definition) is 5. The van der Waals surface area contributed by atoms with Crippen LogP contribution < -0.4 is 10.1 Å². The molecule has 18 heavy (non-hydrogen) atoms. The number of methoxy groups -OCH3 is 1. The third-order valence-corrected chi connectivity index (χ3v) is 2.90. The summed E-state index contributed by atoms with van der Waals surface area (Å²) in [7, 11) is 1.59. The van der Waals surface area contributed by atoms with E-state index in [1.165, 1.54) is 12.8 Å². The molecule has 100 valence electrons. The van der Waals surface area contributed by atoms with Crippen LogP contribution in [0.1, 0.15) is 25.0 Å². The number of nitrogens with one attached hydrogen (secondary N) is 1. The largest absolute Gasteiger partial charge is 0.480 e. The zero-order valence-electron chi connectivity index (χ0n) is 10.9. The number of nitrogens with zero attached hydrogens (tertiary/aromatic N) is 2. The summed E-state index contributed by atoms with van der Waals surface area (Å²) in [6.45, 7) is 3.47. The van der Waals surface area contributed by atoms with Gasteiger partial charge in [0.1, 0.15) is 0 Å². The zero-order valence-corrected chi connectivity index (χ0v) is 10.9. The van der Waals surface area contributed by atoms with Gasteiger partial charge in [0.25, 0.3) is 0 Å². The van der Waals surface area contributed by atoms with Crippen LogP contribution in [0.2, 0.25) is 0 Å². The Bertz CT molecular complexity index is 339. The lowest BCUT2D eigenvalue weighted by atomic mass is 10.3. The Hall–Kier alpha value is -1.20. The first-order chi connectivity index (χ1) is 8.88. The van der Waals surface area contributed by atoms with Crippen LogP contribution in [0.5, 0.6) is 5.88 Å². The van der Waals surface area contributed by atoms with E-state index in [4.69, 9.17) is 9.47 Å². The van der Waals surface area contributed by atoms with Crippen molar-refractivity contribution in [3.05, 3.63) is 17.8 Å². The van der Waals surface area contributed by atoms with Gasteiger partial charge in [0.05, 0.1) is 12.8 Å². The smallest absolute Gasteiger partial charge is 0.233 e. The molecule has 0 spiro atoms. The van der Waals surface area contributed by atoms with E-state index in [-0.39, 0.29) is 0 Å². The molecule has 1 heterocycles. The summed E-state index contributed by atoms with van der Waals surface area (Å²) in [6, 6.07) is 3.74. The molecule has 1 aromatic heterocycles. The van der Waals surface area contributed by atoms with Gasteiger partial charge in [0, 0.05) is 25.8 Å². The molecule has 0 unspecified atom stereocenters. The van der Waals surface area contributed by atoms with Gasteiger partial charge in [-0.3, -0.25) is 0 Å². The molecule has 1 fully saturated rings. The van der Waals surface area contributed by atoms with Crippen molar-refractivity contribution < 1.29 is 9.47 Å². The second-order valence-corrected chi connectivity index (χ2v) is 4.62. The lowest BCUT2D eigenvalue weighted by Gasteiger charge is -2.05. The standard InChI is InChI=1S/C13H21N3O2/c1-17-13-6-5-12(15-16-13)9-14-7-2-8-18-10-11-3-4-11/h5-6,11,14H,2-4,7-10H2,1H3. The van der Waals surface area contributed by atoms with Crippen molar-refractivity contribution in [2.24, 2.45) is 5.92 Å². The van der Waals surface area contributed by atoms with Crippen LogP contribution in [-0.2, 0) is 11.3 Å². The molecule has 0 radical (unpaired) electrons. The van der Waals surface area contributed by atoms with Crippen molar-refractivity contribution in [1.82, 2.24) is 15.5 Å². The third kappa shape index (κ3) is 4.98. The van der Waals surface area contributed by atoms with Gasteiger partial charge in [-0.15, -0.1) is 5.10 Å². The molecule has 2 rings (SSSR count). The maximum Gasteiger partial charge on any atom is 0.233 e. The Morgan fingerprint density at radius 2 is 2.22 bits per heavy atom. The molecule has 0 aromatic carbocycles. The molecule has 5 heteroatoms. The lowest BCUT2D eigenvalue weighted by molar-refractivity contribution is 0.122. The molecule has 0 amide bonds.